The zero-order valence-electron chi connectivity index (χ0n) is 21.5. The summed E-state index contributed by atoms with van der Waals surface area (Å²) in [6.45, 7) is 2.48. The molecule has 1 heterocycles. The fourth-order valence-electron chi connectivity index (χ4n) is 3.85. The van der Waals surface area contributed by atoms with Gasteiger partial charge in [0.15, 0.2) is 0 Å². The molecule has 38 heavy (non-hydrogen) atoms. The number of imidazole rings is 1. The van der Waals surface area contributed by atoms with Gasteiger partial charge in [0, 0.05) is 35.6 Å². The van der Waals surface area contributed by atoms with Crippen molar-refractivity contribution >= 4 is 29.4 Å². The number of hydrogen-bond acceptors (Lipinski definition) is 4. The Labute approximate surface area is 226 Å². The number of carbonyl (C=O) groups excluding carboxylic acids is 2. The van der Waals surface area contributed by atoms with Crippen molar-refractivity contribution in [2.24, 2.45) is 0 Å². The number of likely N-dealkylation sites (N-methyl/N-ethyl adjacent to an activating group) is 1. The first-order valence-corrected chi connectivity index (χ1v) is 12.5. The molecule has 0 saturated heterocycles. The largest absolute Gasteiger partial charge is 0.328 e. The average molecular weight is 534 g/mol. The van der Waals surface area contributed by atoms with Crippen LogP contribution < -0.4 is 5.32 Å². The molecule has 4 rings (SSSR count). The molecule has 0 aliphatic rings. The molecule has 0 radical (unpaired) electrons. The molecule has 4 aromatic rings. The normalized spacial score (nSPS) is 11.0. The SMILES string of the molecule is Cc1ccc(-n2cc(-c3ccc(Cl)cc3)nc2NC(=O)CN(CCN(C)C)C(=O)c2ccccc2F)cc1. The monoisotopic (exact) mass is 533 g/mol. The van der Waals surface area contributed by atoms with Gasteiger partial charge in [-0.05, 0) is 57.4 Å². The van der Waals surface area contributed by atoms with E-state index in [1.165, 1.54) is 23.1 Å². The van der Waals surface area contributed by atoms with E-state index < -0.39 is 17.6 Å². The molecule has 1 N–H and O–H groups in total. The Kier molecular flexibility index (Phi) is 8.55. The zero-order valence-corrected chi connectivity index (χ0v) is 22.2. The van der Waals surface area contributed by atoms with Gasteiger partial charge in [0.1, 0.15) is 12.4 Å². The van der Waals surface area contributed by atoms with Crippen molar-refractivity contribution in [3.63, 3.8) is 0 Å². The summed E-state index contributed by atoms with van der Waals surface area (Å²) in [6.07, 6.45) is 1.83. The molecule has 196 valence electrons. The van der Waals surface area contributed by atoms with E-state index in [0.29, 0.717) is 23.2 Å². The Morgan fingerprint density at radius 1 is 0.974 bits per heavy atom. The molecular formula is C29H29ClFN5O2. The highest BCUT2D eigenvalue weighted by atomic mass is 35.5. The molecule has 0 unspecified atom stereocenters. The second-order valence-corrected chi connectivity index (χ2v) is 9.66. The van der Waals surface area contributed by atoms with E-state index in [1.807, 2.05) is 68.5 Å². The lowest BCUT2D eigenvalue weighted by Gasteiger charge is -2.24. The highest BCUT2D eigenvalue weighted by molar-refractivity contribution is 6.30. The maximum absolute atomic E-state index is 14.4. The number of nitrogens with zero attached hydrogens (tertiary/aromatic N) is 4. The third-order valence-corrected chi connectivity index (χ3v) is 6.20. The first-order valence-electron chi connectivity index (χ1n) is 12.1. The third-order valence-electron chi connectivity index (χ3n) is 5.95. The molecule has 0 atom stereocenters. The molecule has 0 saturated carbocycles. The summed E-state index contributed by atoms with van der Waals surface area (Å²) in [7, 11) is 3.73. The van der Waals surface area contributed by atoms with Gasteiger partial charge in [0.2, 0.25) is 11.9 Å². The summed E-state index contributed by atoms with van der Waals surface area (Å²) in [5.41, 5.74) is 3.30. The van der Waals surface area contributed by atoms with Crippen molar-refractivity contribution in [1.82, 2.24) is 19.4 Å². The van der Waals surface area contributed by atoms with E-state index in [9.17, 15) is 14.0 Å². The highest BCUT2D eigenvalue weighted by Gasteiger charge is 2.23. The maximum Gasteiger partial charge on any atom is 0.257 e. The van der Waals surface area contributed by atoms with Gasteiger partial charge >= 0.3 is 0 Å². The predicted octanol–water partition coefficient (Wildman–Crippen LogP) is 5.28. The predicted molar refractivity (Wildman–Crippen MR) is 148 cm³/mol. The van der Waals surface area contributed by atoms with Crippen LogP contribution in [0.2, 0.25) is 5.02 Å². The number of amides is 2. The van der Waals surface area contributed by atoms with E-state index in [4.69, 9.17) is 11.6 Å². The standard InChI is InChI=1S/C29H29ClFN5O2/c1-20-8-14-23(15-9-20)36-18-26(21-10-12-22(30)13-11-21)32-29(36)33-27(37)19-35(17-16-34(2)3)28(38)24-6-4-5-7-25(24)31/h4-15,18H,16-17,19H2,1-3H3,(H,32,33,37). The minimum Gasteiger partial charge on any atom is -0.328 e. The Morgan fingerprint density at radius 3 is 2.32 bits per heavy atom. The number of hydrogen-bond donors (Lipinski definition) is 1. The molecule has 0 aliphatic carbocycles. The topological polar surface area (TPSA) is 70.5 Å². The molecule has 9 heteroatoms. The summed E-state index contributed by atoms with van der Waals surface area (Å²) in [5, 5.41) is 3.46. The maximum atomic E-state index is 14.4. The minimum atomic E-state index is -0.629. The molecule has 0 bridgehead atoms. The average Bonchev–Trinajstić information content (AvgIpc) is 3.30. The lowest BCUT2D eigenvalue weighted by atomic mass is 10.2. The van der Waals surface area contributed by atoms with Gasteiger partial charge in [-0.15, -0.1) is 0 Å². The summed E-state index contributed by atoms with van der Waals surface area (Å²) >= 11 is 6.05. The second-order valence-electron chi connectivity index (χ2n) is 9.22. The van der Waals surface area contributed by atoms with Crippen LogP contribution in [0.4, 0.5) is 10.3 Å². The fraction of sp³-hybridized carbons (Fsp3) is 0.207. The number of benzene rings is 3. The molecule has 2 amide bonds. The summed E-state index contributed by atoms with van der Waals surface area (Å²) in [4.78, 5) is 34.3. The van der Waals surface area contributed by atoms with Crippen molar-refractivity contribution in [2.45, 2.75) is 6.92 Å². The van der Waals surface area contributed by atoms with Gasteiger partial charge in [-0.3, -0.25) is 19.5 Å². The van der Waals surface area contributed by atoms with Crippen molar-refractivity contribution in [2.75, 3.05) is 39.0 Å². The minimum absolute atomic E-state index is 0.0785. The Hall–Kier alpha value is -4.01. The van der Waals surface area contributed by atoms with E-state index in [1.54, 1.807) is 22.8 Å². The lowest BCUT2D eigenvalue weighted by molar-refractivity contribution is -0.117. The van der Waals surface area contributed by atoms with Crippen molar-refractivity contribution < 1.29 is 14.0 Å². The Bertz CT molecular complexity index is 1420. The van der Waals surface area contributed by atoms with E-state index in [2.05, 4.69) is 10.3 Å². The molecule has 0 aliphatic heterocycles. The quantitative estimate of drug-likeness (QED) is 0.318. The van der Waals surface area contributed by atoms with Crippen LogP contribution in [-0.2, 0) is 4.79 Å². The first-order chi connectivity index (χ1) is 18.2. The van der Waals surface area contributed by atoms with Gasteiger partial charge in [0.05, 0.1) is 11.3 Å². The fourth-order valence-corrected chi connectivity index (χ4v) is 3.97. The van der Waals surface area contributed by atoms with Crippen LogP contribution in [0.25, 0.3) is 16.9 Å². The van der Waals surface area contributed by atoms with Gasteiger partial charge in [-0.25, -0.2) is 9.37 Å². The zero-order chi connectivity index (χ0) is 27.2. The number of aromatic nitrogens is 2. The van der Waals surface area contributed by atoms with Crippen LogP contribution in [0.1, 0.15) is 15.9 Å². The van der Waals surface area contributed by atoms with Gasteiger partial charge in [-0.1, -0.05) is 53.6 Å². The van der Waals surface area contributed by atoms with Gasteiger partial charge < -0.3 is 9.80 Å². The van der Waals surface area contributed by atoms with Crippen LogP contribution in [0.15, 0.2) is 79.0 Å². The summed E-state index contributed by atoms with van der Waals surface area (Å²) < 4.78 is 16.1. The van der Waals surface area contributed by atoms with E-state index in [-0.39, 0.29) is 18.7 Å². The van der Waals surface area contributed by atoms with Crippen LogP contribution in [0.5, 0.6) is 0 Å². The van der Waals surface area contributed by atoms with Crippen LogP contribution in [0, 0.1) is 12.7 Å². The van der Waals surface area contributed by atoms with Crippen LogP contribution >= 0.6 is 11.6 Å². The summed E-state index contributed by atoms with van der Waals surface area (Å²) in [5.74, 6) is -1.33. The van der Waals surface area contributed by atoms with E-state index in [0.717, 1.165) is 16.8 Å². The number of anilines is 1. The van der Waals surface area contributed by atoms with Gasteiger partial charge in [0.25, 0.3) is 5.91 Å². The molecule has 0 spiro atoms. The highest BCUT2D eigenvalue weighted by Crippen LogP contribution is 2.26. The van der Waals surface area contributed by atoms with Crippen LogP contribution in [0.3, 0.4) is 0 Å². The Morgan fingerprint density at radius 2 is 1.66 bits per heavy atom. The molecule has 3 aromatic carbocycles. The Balaban J connectivity index is 1.62. The molecule has 1 aromatic heterocycles. The van der Waals surface area contributed by atoms with E-state index >= 15 is 0 Å². The number of carbonyl (C=O) groups is 2. The molecule has 7 nitrogen and oxygen atoms in total. The number of rotatable bonds is 9. The lowest BCUT2D eigenvalue weighted by Crippen LogP contribution is -2.42. The number of aryl methyl sites for hydroxylation is 1. The second kappa shape index (κ2) is 12.0. The van der Waals surface area contributed by atoms with Crippen molar-refractivity contribution in [3.8, 4) is 16.9 Å². The number of nitrogens with one attached hydrogen (secondary N) is 1. The smallest absolute Gasteiger partial charge is 0.257 e. The first kappa shape index (κ1) is 27.0. The number of halogens is 2. The molecule has 0 fully saturated rings. The van der Waals surface area contributed by atoms with Gasteiger partial charge in [-0.2, -0.15) is 0 Å². The molecular weight excluding hydrogens is 505 g/mol. The van der Waals surface area contributed by atoms with Crippen LogP contribution in [-0.4, -0.2) is 64.9 Å². The third kappa shape index (κ3) is 6.65. The van der Waals surface area contributed by atoms with Crippen molar-refractivity contribution in [1.29, 1.82) is 0 Å². The summed E-state index contributed by atoms with van der Waals surface area (Å²) in [6, 6.07) is 20.8. The van der Waals surface area contributed by atoms with Crippen molar-refractivity contribution in [3.05, 3.63) is 101 Å².